The molecule has 2 rings (SSSR count). The monoisotopic (exact) mass is 415 g/mol. The summed E-state index contributed by atoms with van der Waals surface area (Å²) in [6.07, 6.45) is 0. The Labute approximate surface area is 156 Å². The molecule has 0 bridgehead atoms. The Morgan fingerprint density at radius 2 is 1.57 bits per heavy atom. The highest BCUT2D eigenvalue weighted by Crippen LogP contribution is 2.48. The van der Waals surface area contributed by atoms with Crippen LogP contribution in [0, 0.1) is 5.82 Å². The lowest BCUT2D eigenvalue weighted by atomic mass is 10.3. The van der Waals surface area contributed by atoms with Crippen molar-refractivity contribution in [1.82, 2.24) is 0 Å². The molecule has 0 aliphatic rings. The fourth-order valence-corrected chi connectivity index (χ4v) is 2.84. The minimum absolute atomic E-state index is 0.0140. The molecule has 0 aromatic heterocycles. The van der Waals surface area contributed by atoms with Crippen LogP contribution in [0.4, 0.5) is 10.1 Å². The van der Waals surface area contributed by atoms with Crippen LogP contribution in [0.2, 0.25) is 25.1 Å². The number of rotatable bonds is 4. The van der Waals surface area contributed by atoms with E-state index >= 15 is 0 Å². The molecule has 9 heteroatoms. The van der Waals surface area contributed by atoms with Gasteiger partial charge in [-0.15, -0.1) is 0 Å². The van der Waals surface area contributed by atoms with Crippen molar-refractivity contribution in [2.45, 2.75) is 0 Å². The van der Waals surface area contributed by atoms with Gasteiger partial charge in [0.05, 0.1) is 15.1 Å². The first-order valence-electron chi connectivity index (χ1n) is 6.01. The van der Waals surface area contributed by atoms with E-state index < -0.39 is 18.3 Å². The molecular weight excluding hydrogens is 410 g/mol. The summed E-state index contributed by atoms with van der Waals surface area (Å²) in [5.41, 5.74) is 0.281. The zero-order valence-electron chi connectivity index (χ0n) is 11.1. The maximum absolute atomic E-state index is 13.0. The van der Waals surface area contributed by atoms with Gasteiger partial charge in [-0.3, -0.25) is 4.79 Å². The van der Waals surface area contributed by atoms with E-state index in [0.29, 0.717) is 0 Å². The number of carbonyl (C=O) groups excluding carboxylic acids is 1. The summed E-state index contributed by atoms with van der Waals surface area (Å²) < 4.78 is 18.3. The van der Waals surface area contributed by atoms with Crippen LogP contribution in [-0.4, -0.2) is 12.5 Å². The molecule has 0 aliphatic heterocycles. The number of halogens is 6. The summed E-state index contributed by atoms with van der Waals surface area (Å²) >= 11 is 29.6. The summed E-state index contributed by atoms with van der Waals surface area (Å²) in [5, 5.41) is 2.23. The van der Waals surface area contributed by atoms with Crippen LogP contribution >= 0.6 is 58.0 Å². The highest BCUT2D eigenvalue weighted by molar-refractivity contribution is 6.55. The minimum Gasteiger partial charge on any atom is -0.481 e. The van der Waals surface area contributed by atoms with E-state index in [1.54, 1.807) is 0 Å². The Kier molecular flexibility index (Phi) is 6.23. The molecular formula is C14H7Cl5FNO2. The largest absolute Gasteiger partial charge is 0.481 e. The standard InChI is InChI=1S/C14H7Cl5FNO2/c15-9-10(16)12(18)14(13(19)11(9)17)23-5-8(22)21-7-3-1-2-6(20)4-7/h1-4H,5H2,(H,21,22). The Bertz CT molecular complexity index is 740. The van der Waals surface area contributed by atoms with Gasteiger partial charge in [0.1, 0.15) is 15.9 Å². The van der Waals surface area contributed by atoms with Gasteiger partial charge in [0.15, 0.2) is 12.4 Å². The van der Waals surface area contributed by atoms with Crippen molar-refractivity contribution >= 4 is 69.6 Å². The molecule has 2 aromatic rings. The van der Waals surface area contributed by atoms with Crippen molar-refractivity contribution in [2.24, 2.45) is 0 Å². The molecule has 0 atom stereocenters. The minimum atomic E-state index is -0.551. The summed E-state index contributed by atoms with van der Waals surface area (Å²) in [6, 6.07) is 5.40. The van der Waals surface area contributed by atoms with Crippen LogP contribution in [0.25, 0.3) is 0 Å². The van der Waals surface area contributed by atoms with Gasteiger partial charge in [-0.05, 0) is 18.2 Å². The Morgan fingerprint density at radius 1 is 1.00 bits per heavy atom. The number of ether oxygens (including phenoxy) is 1. The van der Waals surface area contributed by atoms with Crippen LogP contribution in [-0.2, 0) is 4.79 Å². The summed E-state index contributed by atoms with van der Waals surface area (Å²) in [6.45, 7) is -0.440. The number of anilines is 1. The summed E-state index contributed by atoms with van der Waals surface area (Å²) in [7, 11) is 0. The van der Waals surface area contributed by atoms with Gasteiger partial charge >= 0.3 is 0 Å². The molecule has 0 heterocycles. The molecule has 0 aliphatic carbocycles. The fraction of sp³-hybridized carbons (Fsp3) is 0.0714. The first-order valence-corrected chi connectivity index (χ1v) is 7.90. The number of benzene rings is 2. The lowest BCUT2D eigenvalue weighted by molar-refractivity contribution is -0.118. The van der Waals surface area contributed by atoms with Gasteiger partial charge in [-0.25, -0.2) is 4.39 Å². The molecule has 0 unspecified atom stereocenters. The highest BCUT2D eigenvalue weighted by Gasteiger charge is 2.21. The molecule has 122 valence electrons. The van der Waals surface area contributed by atoms with Gasteiger partial charge in [-0.1, -0.05) is 64.1 Å². The molecule has 1 N–H and O–H groups in total. The number of amides is 1. The van der Waals surface area contributed by atoms with Crippen molar-refractivity contribution in [3.8, 4) is 5.75 Å². The SMILES string of the molecule is O=C(COc1c(Cl)c(Cl)c(Cl)c(Cl)c1Cl)Nc1cccc(F)c1. The second-order valence-corrected chi connectivity index (χ2v) is 6.14. The van der Waals surface area contributed by atoms with Crippen molar-refractivity contribution < 1.29 is 13.9 Å². The van der Waals surface area contributed by atoms with Gasteiger partial charge < -0.3 is 10.1 Å². The quantitative estimate of drug-likeness (QED) is 0.481. The fourth-order valence-electron chi connectivity index (χ4n) is 1.61. The third kappa shape index (κ3) is 4.34. The molecule has 0 fully saturated rings. The molecule has 0 radical (unpaired) electrons. The molecule has 0 spiro atoms. The van der Waals surface area contributed by atoms with Gasteiger partial charge in [-0.2, -0.15) is 0 Å². The highest BCUT2D eigenvalue weighted by atomic mass is 35.5. The van der Waals surface area contributed by atoms with Gasteiger partial charge in [0, 0.05) is 5.69 Å². The van der Waals surface area contributed by atoms with Crippen molar-refractivity contribution in [2.75, 3.05) is 11.9 Å². The van der Waals surface area contributed by atoms with E-state index in [1.807, 2.05) is 0 Å². The maximum Gasteiger partial charge on any atom is 0.262 e. The summed E-state index contributed by atoms with van der Waals surface area (Å²) in [4.78, 5) is 11.8. The molecule has 23 heavy (non-hydrogen) atoms. The van der Waals surface area contributed by atoms with Crippen LogP contribution < -0.4 is 10.1 Å². The van der Waals surface area contributed by atoms with E-state index in [1.165, 1.54) is 18.2 Å². The zero-order chi connectivity index (χ0) is 17.1. The lowest BCUT2D eigenvalue weighted by Gasteiger charge is -2.13. The normalized spacial score (nSPS) is 10.5. The number of carbonyl (C=O) groups is 1. The van der Waals surface area contributed by atoms with Crippen molar-refractivity contribution in [1.29, 1.82) is 0 Å². The molecule has 1 amide bonds. The lowest BCUT2D eigenvalue weighted by Crippen LogP contribution is -2.20. The number of hydrogen-bond donors (Lipinski definition) is 1. The van der Waals surface area contributed by atoms with Crippen LogP contribution in [0.5, 0.6) is 5.75 Å². The maximum atomic E-state index is 13.0. The van der Waals surface area contributed by atoms with Crippen LogP contribution in [0.3, 0.4) is 0 Å². The van der Waals surface area contributed by atoms with E-state index in [0.717, 1.165) is 6.07 Å². The predicted octanol–water partition coefficient (Wildman–Crippen LogP) is 6.11. The number of nitrogens with one attached hydrogen (secondary N) is 1. The van der Waals surface area contributed by atoms with Crippen LogP contribution in [0.15, 0.2) is 24.3 Å². The number of hydrogen-bond acceptors (Lipinski definition) is 2. The smallest absolute Gasteiger partial charge is 0.262 e. The first kappa shape index (κ1) is 18.4. The third-order valence-electron chi connectivity index (χ3n) is 2.63. The molecule has 0 saturated carbocycles. The zero-order valence-corrected chi connectivity index (χ0v) is 14.9. The average molecular weight is 417 g/mol. The van der Waals surface area contributed by atoms with E-state index in [-0.39, 0.29) is 36.6 Å². The molecule has 2 aromatic carbocycles. The van der Waals surface area contributed by atoms with Gasteiger partial charge in [0.25, 0.3) is 5.91 Å². The average Bonchev–Trinajstić information content (AvgIpc) is 2.51. The summed E-state index contributed by atoms with van der Waals surface area (Å²) in [5.74, 6) is -1.10. The van der Waals surface area contributed by atoms with Gasteiger partial charge in [0.2, 0.25) is 0 Å². The van der Waals surface area contributed by atoms with Crippen LogP contribution in [0.1, 0.15) is 0 Å². The van der Waals surface area contributed by atoms with Crippen molar-refractivity contribution in [3.63, 3.8) is 0 Å². The second kappa shape index (κ2) is 7.77. The molecule has 0 saturated heterocycles. The third-order valence-corrected chi connectivity index (χ3v) is 4.87. The second-order valence-electron chi connectivity index (χ2n) is 4.25. The van der Waals surface area contributed by atoms with E-state index in [4.69, 9.17) is 62.7 Å². The Morgan fingerprint density at radius 3 is 2.13 bits per heavy atom. The van der Waals surface area contributed by atoms with E-state index in [9.17, 15) is 9.18 Å². The predicted molar refractivity (Wildman–Crippen MR) is 92.0 cm³/mol. The first-order chi connectivity index (χ1) is 10.8. The van der Waals surface area contributed by atoms with Crippen molar-refractivity contribution in [3.05, 3.63) is 55.2 Å². The Balaban J connectivity index is 2.11. The molecule has 3 nitrogen and oxygen atoms in total. The van der Waals surface area contributed by atoms with E-state index in [2.05, 4.69) is 5.32 Å². The Hall–Kier alpha value is -0.910. The topological polar surface area (TPSA) is 38.3 Å².